The first kappa shape index (κ1) is 20.6. The number of hydrogen-bond acceptors (Lipinski definition) is 4. The summed E-state index contributed by atoms with van der Waals surface area (Å²) in [6, 6.07) is 13.9. The van der Waals surface area contributed by atoms with Crippen molar-refractivity contribution in [1.29, 1.82) is 0 Å². The number of piperidine rings is 1. The molecule has 2 aromatic rings. The SMILES string of the molecule is COc1cccc(NC(=O)[C@@H]2CCCN(S(=O)(=O)Cc3cccc(Cl)c3)C2)c1. The van der Waals surface area contributed by atoms with Gasteiger partial charge in [-0.3, -0.25) is 4.79 Å². The van der Waals surface area contributed by atoms with E-state index < -0.39 is 15.9 Å². The molecule has 1 aliphatic heterocycles. The molecule has 1 heterocycles. The van der Waals surface area contributed by atoms with Crippen molar-refractivity contribution in [3.63, 3.8) is 0 Å². The fraction of sp³-hybridized carbons (Fsp3) is 0.350. The number of sulfonamides is 1. The van der Waals surface area contributed by atoms with Crippen LogP contribution in [0.5, 0.6) is 5.75 Å². The Hall–Kier alpha value is -2.09. The molecule has 8 heteroatoms. The molecule has 150 valence electrons. The third-order valence-corrected chi connectivity index (χ3v) is 6.78. The van der Waals surface area contributed by atoms with Crippen LogP contribution in [0.4, 0.5) is 5.69 Å². The predicted molar refractivity (Wildman–Crippen MR) is 110 cm³/mol. The Morgan fingerprint density at radius 1 is 1.25 bits per heavy atom. The summed E-state index contributed by atoms with van der Waals surface area (Å²) >= 11 is 5.95. The highest BCUT2D eigenvalue weighted by atomic mass is 35.5. The lowest BCUT2D eigenvalue weighted by atomic mass is 9.98. The highest BCUT2D eigenvalue weighted by Crippen LogP contribution is 2.24. The predicted octanol–water partition coefficient (Wildman–Crippen LogP) is 3.53. The molecule has 0 aliphatic carbocycles. The van der Waals surface area contributed by atoms with E-state index in [2.05, 4.69) is 5.32 Å². The van der Waals surface area contributed by atoms with Crippen LogP contribution in [0.15, 0.2) is 48.5 Å². The second kappa shape index (κ2) is 8.94. The Bertz CT molecular complexity index is 949. The minimum absolute atomic E-state index is 0.127. The van der Waals surface area contributed by atoms with Gasteiger partial charge < -0.3 is 10.1 Å². The third kappa shape index (κ3) is 5.25. The molecule has 1 saturated heterocycles. The van der Waals surface area contributed by atoms with Crippen LogP contribution < -0.4 is 10.1 Å². The molecule has 0 unspecified atom stereocenters. The molecule has 1 N–H and O–H groups in total. The van der Waals surface area contributed by atoms with Crippen LogP contribution >= 0.6 is 11.6 Å². The van der Waals surface area contributed by atoms with Gasteiger partial charge in [-0.1, -0.05) is 29.8 Å². The summed E-state index contributed by atoms with van der Waals surface area (Å²) in [4.78, 5) is 12.7. The highest BCUT2D eigenvalue weighted by Gasteiger charge is 2.32. The standard InChI is InChI=1S/C20H23ClN2O4S/c1-27-19-9-3-8-18(12-19)22-20(24)16-6-4-10-23(13-16)28(25,26)14-15-5-2-7-17(21)11-15/h2-3,5,7-9,11-12,16H,4,6,10,13-14H2,1H3,(H,22,24)/t16-/m1/s1. The van der Waals surface area contributed by atoms with Crippen molar-refractivity contribution in [1.82, 2.24) is 4.31 Å². The maximum Gasteiger partial charge on any atom is 0.228 e. The van der Waals surface area contributed by atoms with Crippen LogP contribution in [-0.4, -0.2) is 38.8 Å². The number of anilines is 1. The van der Waals surface area contributed by atoms with E-state index in [0.29, 0.717) is 41.4 Å². The van der Waals surface area contributed by atoms with Crippen molar-refractivity contribution in [2.75, 3.05) is 25.5 Å². The number of hydrogen-bond donors (Lipinski definition) is 1. The van der Waals surface area contributed by atoms with E-state index in [1.165, 1.54) is 4.31 Å². The molecule has 1 aliphatic rings. The lowest BCUT2D eigenvalue weighted by Crippen LogP contribution is -2.44. The van der Waals surface area contributed by atoms with E-state index in [0.717, 1.165) is 0 Å². The molecule has 1 amide bonds. The number of nitrogens with zero attached hydrogens (tertiary/aromatic N) is 1. The van der Waals surface area contributed by atoms with Gasteiger partial charge >= 0.3 is 0 Å². The van der Waals surface area contributed by atoms with Gasteiger partial charge in [0.2, 0.25) is 15.9 Å². The number of amides is 1. The molecule has 2 aromatic carbocycles. The van der Waals surface area contributed by atoms with E-state index >= 15 is 0 Å². The van der Waals surface area contributed by atoms with Crippen LogP contribution in [-0.2, 0) is 20.6 Å². The van der Waals surface area contributed by atoms with Crippen molar-refractivity contribution in [3.8, 4) is 5.75 Å². The first-order chi connectivity index (χ1) is 13.4. The van der Waals surface area contributed by atoms with Gasteiger partial charge in [-0.25, -0.2) is 12.7 Å². The fourth-order valence-corrected chi connectivity index (χ4v) is 5.09. The first-order valence-electron chi connectivity index (χ1n) is 9.04. The second-order valence-electron chi connectivity index (χ2n) is 6.80. The summed E-state index contributed by atoms with van der Waals surface area (Å²) < 4.78 is 32.2. The topological polar surface area (TPSA) is 75.7 Å². The average Bonchev–Trinajstić information content (AvgIpc) is 2.68. The van der Waals surface area contributed by atoms with Crippen molar-refractivity contribution in [2.24, 2.45) is 5.92 Å². The monoisotopic (exact) mass is 422 g/mol. The van der Waals surface area contributed by atoms with Gasteiger partial charge in [0.05, 0.1) is 18.8 Å². The number of ether oxygens (including phenoxy) is 1. The van der Waals surface area contributed by atoms with Gasteiger partial charge in [-0.2, -0.15) is 0 Å². The van der Waals surface area contributed by atoms with Crippen molar-refractivity contribution in [2.45, 2.75) is 18.6 Å². The highest BCUT2D eigenvalue weighted by molar-refractivity contribution is 7.88. The summed E-state index contributed by atoms with van der Waals surface area (Å²) in [7, 11) is -1.97. The average molecular weight is 423 g/mol. The van der Waals surface area contributed by atoms with Gasteiger partial charge in [0.1, 0.15) is 5.75 Å². The third-order valence-electron chi connectivity index (χ3n) is 4.72. The maximum atomic E-state index is 12.8. The molecule has 0 bridgehead atoms. The largest absolute Gasteiger partial charge is 0.497 e. The molecule has 6 nitrogen and oxygen atoms in total. The lowest BCUT2D eigenvalue weighted by Gasteiger charge is -2.31. The Kier molecular flexibility index (Phi) is 6.59. The molecule has 0 aromatic heterocycles. The van der Waals surface area contributed by atoms with Gasteiger partial charge in [-0.05, 0) is 42.7 Å². The van der Waals surface area contributed by atoms with Crippen molar-refractivity contribution >= 4 is 33.2 Å². The number of nitrogens with one attached hydrogen (secondary N) is 1. The molecular weight excluding hydrogens is 400 g/mol. The Balaban J connectivity index is 1.66. The first-order valence-corrected chi connectivity index (χ1v) is 11.0. The van der Waals surface area contributed by atoms with E-state index in [9.17, 15) is 13.2 Å². The van der Waals surface area contributed by atoms with Crippen molar-refractivity contribution < 1.29 is 17.9 Å². The van der Waals surface area contributed by atoms with E-state index in [1.807, 2.05) is 0 Å². The summed E-state index contributed by atoms with van der Waals surface area (Å²) in [6.45, 7) is 0.602. The van der Waals surface area contributed by atoms with E-state index in [4.69, 9.17) is 16.3 Å². The smallest absolute Gasteiger partial charge is 0.228 e. The van der Waals surface area contributed by atoms with E-state index in [-0.39, 0.29) is 18.2 Å². The maximum absolute atomic E-state index is 12.8. The Labute approximate surface area is 170 Å². The number of halogens is 1. The lowest BCUT2D eigenvalue weighted by molar-refractivity contribution is -0.120. The number of carbonyl (C=O) groups excluding carboxylic acids is 1. The molecular formula is C20H23ClN2O4S. The minimum atomic E-state index is -3.53. The molecule has 28 heavy (non-hydrogen) atoms. The van der Waals surface area contributed by atoms with Gasteiger partial charge in [0.15, 0.2) is 0 Å². The summed E-state index contributed by atoms with van der Waals surface area (Å²) in [5, 5.41) is 3.36. The number of methoxy groups -OCH3 is 1. The van der Waals surface area contributed by atoms with Gasteiger partial charge in [0.25, 0.3) is 0 Å². The summed E-state index contributed by atoms with van der Waals surface area (Å²) in [6.07, 6.45) is 1.30. The molecule has 0 saturated carbocycles. The van der Waals surface area contributed by atoms with Gasteiger partial charge in [-0.15, -0.1) is 0 Å². The number of rotatable bonds is 6. The molecule has 1 fully saturated rings. The van der Waals surface area contributed by atoms with Gasteiger partial charge in [0, 0.05) is 29.9 Å². The van der Waals surface area contributed by atoms with Crippen LogP contribution in [0.2, 0.25) is 5.02 Å². The second-order valence-corrected chi connectivity index (χ2v) is 9.21. The Morgan fingerprint density at radius 3 is 2.79 bits per heavy atom. The molecule has 0 spiro atoms. The van der Waals surface area contributed by atoms with Crippen LogP contribution in [0.3, 0.4) is 0 Å². The molecule has 0 radical (unpaired) electrons. The number of carbonyl (C=O) groups is 1. The van der Waals surface area contributed by atoms with Crippen LogP contribution in [0, 0.1) is 5.92 Å². The Morgan fingerprint density at radius 2 is 2.04 bits per heavy atom. The van der Waals surface area contributed by atoms with Crippen LogP contribution in [0.1, 0.15) is 18.4 Å². The minimum Gasteiger partial charge on any atom is -0.497 e. The quantitative estimate of drug-likeness (QED) is 0.772. The zero-order chi connectivity index (χ0) is 20.1. The zero-order valence-electron chi connectivity index (χ0n) is 15.6. The normalized spacial score (nSPS) is 17.9. The van der Waals surface area contributed by atoms with E-state index in [1.54, 1.807) is 55.6 Å². The summed E-state index contributed by atoms with van der Waals surface area (Å²) in [5.74, 6) is -0.0604. The zero-order valence-corrected chi connectivity index (χ0v) is 17.2. The van der Waals surface area contributed by atoms with Crippen molar-refractivity contribution in [3.05, 3.63) is 59.1 Å². The molecule has 1 atom stereocenters. The fourth-order valence-electron chi connectivity index (χ4n) is 3.28. The van der Waals surface area contributed by atoms with Crippen LogP contribution in [0.25, 0.3) is 0 Å². The molecule has 3 rings (SSSR count). The number of benzene rings is 2. The summed E-state index contributed by atoms with van der Waals surface area (Å²) in [5.41, 5.74) is 1.26.